The molecule has 0 aliphatic heterocycles. The van der Waals surface area contributed by atoms with Crippen LogP contribution in [0.15, 0.2) is 35.7 Å². The second-order valence-corrected chi connectivity index (χ2v) is 4.77. The number of halogens is 1. The first-order chi connectivity index (χ1) is 8.16. The van der Waals surface area contributed by atoms with Gasteiger partial charge in [-0.05, 0) is 36.1 Å². The summed E-state index contributed by atoms with van der Waals surface area (Å²) in [5.41, 5.74) is 0.547. The zero-order chi connectivity index (χ0) is 12.3. The van der Waals surface area contributed by atoms with Crippen LogP contribution in [0, 0.1) is 5.82 Å². The van der Waals surface area contributed by atoms with E-state index in [-0.39, 0.29) is 5.75 Å². The maximum atomic E-state index is 13.6. The van der Waals surface area contributed by atoms with E-state index >= 15 is 0 Å². The number of benzene rings is 1. The smallest absolute Gasteiger partial charge is 0.165 e. The Hall–Kier alpha value is -1.39. The van der Waals surface area contributed by atoms with Gasteiger partial charge in [0.2, 0.25) is 0 Å². The fourth-order valence-electron chi connectivity index (χ4n) is 1.44. The van der Waals surface area contributed by atoms with E-state index in [0.29, 0.717) is 12.2 Å². The standard InChI is InChI=1S/C13H13FO2S/c1-9(15)10-4-5-13(12(14)7-10)16-8-11-3-2-6-17-11/h2-7,9,15H,8H2,1H3. The lowest BCUT2D eigenvalue weighted by Gasteiger charge is -2.09. The lowest BCUT2D eigenvalue weighted by Crippen LogP contribution is -1.98. The first-order valence-corrected chi connectivity index (χ1v) is 6.17. The van der Waals surface area contributed by atoms with Crippen LogP contribution in [0.25, 0.3) is 0 Å². The topological polar surface area (TPSA) is 29.5 Å². The summed E-state index contributed by atoms with van der Waals surface area (Å²) in [5.74, 6) is -0.234. The van der Waals surface area contributed by atoms with E-state index in [1.165, 1.54) is 6.07 Å². The second-order valence-electron chi connectivity index (χ2n) is 3.73. The SMILES string of the molecule is CC(O)c1ccc(OCc2cccs2)c(F)c1. The molecule has 4 heteroatoms. The summed E-state index contributed by atoms with van der Waals surface area (Å²) < 4.78 is 19.0. The number of thiophene rings is 1. The van der Waals surface area contributed by atoms with Crippen LogP contribution in [-0.4, -0.2) is 5.11 Å². The molecule has 0 amide bonds. The summed E-state index contributed by atoms with van der Waals surface area (Å²) in [4.78, 5) is 1.05. The van der Waals surface area contributed by atoms with E-state index in [1.807, 2.05) is 17.5 Å². The third-order valence-electron chi connectivity index (χ3n) is 2.39. The van der Waals surface area contributed by atoms with Gasteiger partial charge in [-0.15, -0.1) is 11.3 Å². The van der Waals surface area contributed by atoms with E-state index in [1.54, 1.807) is 30.4 Å². The molecule has 1 unspecified atom stereocenters. The van der Waals surface area contributed by atoms with Crippen LogP contribution in [0.2, 0.25) is 0 Å². The van der Waals surface area contributed by atoms with Crippen molar-refractivity contribution in [3.8, 4) is 5.75 Å². The van der Waals surface area contributed by atoms with Crippen LogP contribution in [-0.2, 0) is 6.61 Å². The summed E-state index contributed by atoms with van der Waals surface area (Å²) >= 11 is 1.57. The summed E-state index contributed by atoms with van der Waals surface area (Å²) in [5, 5.41) is 11.3. The van der Waals surface area contributed by atoms with Crippen molar-refractivity contribution in [1.82, 2.24) is 0 Å². The maximum absolute atomic E-state index is 13.6. The highest BCUT2D eigenvalue weighted by atomic mass is 32.1. The number of rotatable bonds is 4. The van der Waals surface area contributed by atoms with Gasteiger partial charge in [0, 0.05) is 4.88 Å². The average Bonchev–Trinajstić information content (AvgIpc) is 2.80. The minimum Gasteiger partial charge on any atom is -0.485 e. The van der Waals surface area contributed by atoms with Crippen molar-refractivity contribution in [3.05, 3.63) is 52.0 Å². The summed E-state index contributed by atoms with van der Waals surface area (Å²) in [6.45, 7) is 1.96. The van der Waals surface area contributed by atoms with Crippen LogP contribution < -0.4 is 4.74 Å². The van der Waals surface area contributed by atoms with Crippen molar-refractivity contribution in [2.45, 2.75) is 19.6 Å². The van der Waals surface area contributed by atoms with Crippen LogP contribution in [0.1, 0.15) is 23.5 Å². The molecule has 0 aliphatic rings. The Labute approximate surface area is 103 Å². The third-order valence-corrected chi connectivity index (χ3v) is 3.24. The van der Waals surface area contributed by atoms with Gasteiger partial charge in [-0.2, -0.15) is 0 Å². The normalized spacial score (nSPS) is 12.4. The van der Waals surface area contributed by atoms with E-state index in [4.69, 9.17) is 4.74 Å². The first-order valence-electron chi connectivity index (χ1n) is 5.29. The number of ether oxygens (including phenoxy) is 1. The van der Waals surface area contributed by atoms with Gasteiger partial charge in [-0.1, -0.05) is 12.1 Å². The van der Waals surface area contributed by atoms with Crippen molar-refractivity contribution in [2.24, 2.45) is 0 Å². The van der Waals surface area contributed by atoms with E-state index in [0.717, 1.165) is 4.88 Å². The summed E-state index contributed by atoms with van der Waals surface area (Å²) in [7, 11) is 0. The highest BCUT2D eigenvalue weighted by Gasteiger charge is 2.08. The molecule has 0 saturated carbocycles. The van der Waals surface area contributed by atoms with Gasteiger partial charge in [0.25, 0.3) is 0 Å². The van der Waals surface area contributed by atoms with Crippen molar-refractivity contribution in [1.29, 1.82) is 0 Å². The van der Waals surface area contributed by atoms with Crippen molar-refractivity contribution in [2.75, 3.05) is 0 Å². The zero-order valence-electron chi connectivity index (χ0n) is 9.39. The molecule has 1 heterocycles. The molecule has 90 valence electrons. The zero-order valence-corrected chi connectivity index (χ0v) is 10.2. The Balaban J connectivity index is 2.06. The number of aliphatic hydroxyl groups excluding tert-OH is 1. The van der Waals surface area contributed by atoms with Gasteiger partial charge in [0.05, 0.1) is 6.10 Å². The van der Waals surface area contributed by atoms with E-state index in [2.05, 4.69) is 0 Å². The maximum Gasteiger partial charge on any atom is 0.165 e. The molecule has 0 aliphatic carbocycles. The molecule has 0 bridgehead atoms. The Morgan fingerprint density at radius 1 is 1.41 bits per heavy atom. The Kier molecular flexibility index (Phi) is 3.76. The fraction of sp³-hybridized carbons (Fsp3) is 0.231. The first kappa shape index (κ1) is 12.1. The number of hydrogen-bond acceptors (Lipinski definition) is 3. The van der Waals surface area contributed by atoms with E-state index < -0.39 is 11.9 Å². The molecule has 1 aromatic carbocycles. The third kappa shape index (κ3) is 3.05. The molecule has 0 radical (unpaired) electrons. The molecule has 2 nitrogen and oxygen atoms in total. The van der Waals surface area contributed by atoms with Crippen LogP contribution in [0.3, 0.4) is 0 Å². The molecule has 0 fully saturated rings. The molecule has 17 heavy (non-hydrogen) atoms. The van der Waals surface area contributed by atoms with Crippen molar-refractivity contribution >= 4 is 11.3 Å². The Bertz CT molecular complexity index is 480. The van der Waals surface area contributed by atoms with Crippen molar-refractivity contribution in [3.63, 3.8) is 0 Å². The summed E-state index contributed by atoms with van der Waals surface area (Å²) in [6, 6.07) is 8.37. The fourth-order valence-corrected chi connectivity index (χ4v) is 2.05. The molecular weight excluding hydrogens is 239 g/mol. The predicted octanol–water partition coefficient (Wildman–Crippen LogP) is 3.52. The van der Waals surface area contributed by atoms with Crippen LogP contribution in [0.5, 0.6) is 5.75 Å². The Morgan fingerprint density at radius 3 is 2.82 bits per heavy atom. The lowest BCUT2D eigenvalue weighted by molar-refractivity contribution is 0.198. The largest absolute Gasteiger partial charge is 0.485 e. The monoisotopic (exact) mass is 252 g/mol. The molecule has 1 atom stereocenters. The highest BCUT2D eigenvalue weighted by Crippen LogP contribution is 2.23. The quantitative estimate of drug-likeness (QED) is 0.902. The molecule has 0 spiro atoms. The number of hydrogen-bond donors (Lipinski definition) is 1. The van der Waals surface area contributed by atoms with Crippen LogP contribution in [0.4, 0.5) is 4.39 Å². The van der Waals surface area contributed by atoms with Gasteiger partial charge in [0.15, 0.2) is 11.6 Å². The van der Waals surface area contributed by atoms with Gasteiger partial charge >= 0.3 is 0 Å². The minimum absolute atomic E-state index is 0.211. The lowest BCUT2D eigenvalue weighted by atomic mass is 10.1. The van der Waals surface area contributed by atoms with Gasteiger partial charge in [-0.3, -0.25) is 0 Å². The van der Waals surface area contributed by atoms with E-state index in [9.17, 15) is 9.50 Å². The highest BCUT2D eigenvalue weighted by molar-refractivity contribution is 7.09. The van der Waals surface area contributed by atoms with Gasteiger partial charge in [-0.25, -0.2) is 4.39 Å². The molecule has 0 saturated heterocycles. The molecule has 1 aromatic heterocycles. The molecular formula is C13H13FO2S. The Morgan fingerprint density at radius 2 is 2.24 bits per heavy atom. The minimum atomic E-state index is -0.671. The summed E-state index contributed by atoms with van der Waals surface area (Å²) in [6.07, 6.45) is -0.671. The average molecular weight is 252 g/mol. The predicted molar refractivity (Wildman–Crippen MR) is 65.7 cm³/mol. The van der Waals surface area contributed by atoms with Crippen LogP contribution >= 0.6 is 11.3 Å². The molecule has 2 aromatic rings. The molecule has 2 rings (SSSR count). The molecule has 1 N–H and O–H groups in total. The van der Waals surface area contributed by atoms with Gasteiger partial charge in [0.1, 0.15) is 6.61 Å². The van der Waals surface area contributed by atoms with Crippen molar-refractivity contribution < 1.29 is 14.2 Å². The van der Waals surface area contributed by atoms with Gasteiger partial charge < -0.3 is 9.84 Å². The number of aliphatic hydroxyl groups is 1. The second kappa shape index (κ2) is 5.29.